The molecule has 0 bridgehead atoms. The Hall–Kier alpha value is -2.40. The summed E-state index contributed by atoms with van der Waals surface area (Å²) in [6.07, 6.45) is 2.65. The molecule has 148 valence electrons. The molecule has 2 aliphatic rings. The molecule has 5 heteroatoms. The summed E-state index contributed by atoms with van der Waals surface area (Å²) in [4.78, 5) is 17.5. The first-order chi connectivity index (χ1) is 13.6. The second-order valence-electron chi connectivity index (χ2n) is 7.74. The zero-order valence-electron chi connectivity index (χ0n) is 16.5. The molecule has 28 heavy (non-hydrogen) atoms. The molecule has 0 spiro atoms. The van der Waals surface area contributed by atoms with Crippen LogP contribution in [-0.4, -0.2) is 41.9 Å². The average molecular weight is 382 g/mol. The van der Waals surface area contributed by atoms with Crippen LogP contribution in [0.5, 0.6) is 5.75 Å². The van der Waals surface area contributed by atoms with Gasteiger partial charge in [-0.25, -0.2) is 4.39 Å². The van der Waals surface area contributed by atoms with Crippen LogP contribution in [0.3, 0.4) is 0 Å². The topological polar surface area (TPSA) is 32.8 Å². The van der Waals surface area contributed by atoms with E-state index in [1.807, 2.05) is 23.1 Å². The SMILES string of the molecule is COc1ccc2c(c1)CCN(C(=O)C1CCCN1Cc1ccccc1F)C2C. The number of amides is 1. The monoisotopic (exact) mass is 382 g/mol. The van der Waals surface area contributed by atoms with Crippen LogP contribution in [0.25, 0.3) is 0 Å². The number of nitrogens with zero attached hydrogens (tertiary/aromatic N) is 2. The summed E-state index contributed by atoms with van der Waals surface area (Å²) in [6.45, 7) is 4.13. The van der Waals surface area contributed by atoms with E-state index in [4.69, 9.17) is 4.74 Å². The van der Waals surface area contributed by atoms with Gasteiger partial charge in [-0.1, -0.05) is 24.3 Å². The van der Waals surface area contributed by atoms with Crippen molar-refractivity contribution in [3.05, 3.63) is 65.0 Å². The first-order valence-electron chi connectivity index (χ1n) is 10.0. The van der Waals surface area contributed by atoms with Crippen molar-refractivity contribution >= 4 is 5.91 Å². The Labute approximate surface area is 165 Å². The number of likely N-dealkylation sites (tertiary alicyclic amines) is 1. The summed E-state index contributed by atoms with van der Waals surface area (Å²) in [6, 6.07) is 12.8. The van der Waals surface area contributed by atoms with Gasteiger partial charge in [0.15, 0.2) is 0 Å². The van der Waals surface area contributed by atoms with Crippen LogP contribution in [0, 0.1) is 5.82 Å². The fraction of sp³-hybridized carbons (Fsp3) is 0.435. The quantitative estimate of drug-likeness (QED) is 0.803. The maximum Gasteiger partial charge on any atom is 0.240 e. The van der Waals surface area contributed by atoms with Crippen molar-refractivity contribution in [3.63, 3.8) is 0 Å². The van der Waals surface area contributed by atoms with Crippen molar-refractivity contribution in [2.24, 2.45) is 0 Å². The lowest BCUT2D eigenvalue weighted by molar-refractivity contribution is -0.138. The van der Waals surface area contributed by atoms with Crippen LogP contribution >= 0.6 is 0 Å². The Kier molecular flexibility index (Phi) is 5.36. The Morgan fingerprint density at radius 1 is 1.21 bits per heavy atom. The number of carbonyl (C=O) groups is 1. The predicted molar refractivity (Wildman–Crippen MR) is 107 cm³/mol. The summed E-state index contributed by atoms with van der Waals surface area (Å²) in [5.74, 6) is 0.829. The third-order valence-electron chi connectivity index (χ3n) is 6.15. The lowest BCUT2D eigenvalue weighted by Crippen LogP contribution is -2.48. The number of hydrogen-bond donors (Lipinski definition) is 0. The van der Waals surface area contributed by atoms with Crippen LogP contribution in [0.15, 0.2) is 42.5 Å². The fourth-order valence-corrected chi connectivity index (χ4v) is 4.57. The van der Waals surface area contributed by atoms with E-state index in [9.17, 15) is 9.18 Å². The number of hydrogen-bond acceptors (Lipinski definition) is 3. The number of carbonyl (C=O) groups excluding carboxylic acids is 1. The van der Waals surface area contributed by atoms with Gasteiger partial charge in [0, 0.05) is 18.7 Å². The van der Waals surface area contributed by atoms with Gasteiger partial charge < -0.3 is 9.64 Å². The van der Waals surface area contributed by atoms with Crippen molar-refractivity contribution in [3.8, 4) is 5.75 Å². The van der Waals surface area contributed by atoms with E-state index < -0.39 is 0 Å². The van der Waals surface area contributed by atoms with Crippen molar-refractivity contribution in [1.82, 2.24) is 9.80 Å². The van der Waals surface area contributed by atoms with Gasteiger partial charge in [0.1, 0.15) is 11.6 Å². The van der Waals surface area contributed by atoms with E-state index in [1.165, 1.54) is 17.2 Å². The van der Waals surface area contributed by atoms with Gasteiger partial charge in [-0.05, 0) is 62.1 Å². The van der Waals surface area contributed by atoms with Crippen LogP contribution in [0.4, 0.5) is 4.39 Å². The number of benzene rings is 2. The summed E-state index contributed by atoms with van der Waals surface area (Å²) in [5, 5.41) is 0. The smallest absolute Gasteiger partial charge is 0.240 e. The van der Waals surface area contributed by atoms with E-state index in [1.54, 1.807) is 13.2 Å². The highest BCUT2D eigenvalue weighted by Gasteiger charge is 2.37. The zero-order valence-corrected chi connectivity index (χ0v) is 16.5. The Bertz CT molecular complexity index is 869. The van der Waals surface area contributed by atoms with E-state index in [0.29, 0.717) is 18.7 Å². The molecular weight excluding hydrogens is 355 g/mol. The summed E-state index contributed by atoms with van der Waals surface area (Å²) < 4.78 is 19.4. The van der Waals surface area contributed by atoms with E-state index in [-0.39, 0.29) is 23.8 Å². The molecule has 0 saturated carbocycles. The molecule has 0 radical (unpaired) electrons. The first kappa shape index (κ1) is 18.9. The first-order valence-corrected chi connectivity index (χ1v) is 10.0. The third kappa shape index (κ3) is 3.51. The maximum atomic E-state index is 14.1. The molecule has 2 unspecified atom stereocenters. The number of fused-ring (bicyclic) bond motifs is 1. The van der Waals surface area contributed by atoms with Gasteiger partial charge in [-0.2, -0.15) is 0 Å². The number of ether oxygens (including phenoxy) is 1. The minimum absolute atomic E-state index is 0.0399. The highest BCUT2D eigenvalue weighted by atomic mass is 19.1. The lowest BCUT2D eigenvalue weighted by Gasteiger charge is -2.38. The van der Waals surface area contributed by atoms with Gasteiger partial charge in [0.05, 0.1) is 19.2 Å². The molecule has 4 nitrogen and oxygen atoms in total. The Morgan fingerprint density at radius 3 is 2.82 bits per heavy atom. The molecule has 1 amide bonds. The van der Waals surface area contributed by atoms with Crippen molar-refractivity contribution in [1.29, 1.82) is 0 Å². The zero-order chi connectivity index (χ0) is 19.7. The number of rotatable bonds is 4. The molecule has 0 N–H and O–H groups in total. The van der Waals surface area contributed by atoms with Crippen LogP contribution < -0.4 is 4.74 Å². The van der Waals surface area contributed by atoms with Gasteiger partial charge in [0.25, 0.3) is 0 Å². The van der Waals surface area contributed by atoms with E-state index >= 15 is 0 Å². The lowest BCUT2D eigenvalue weighted by atomic mass is 9.92. The molecule has 2 heterocycles. The van der Waals surface area contributed by atoms with Gasteiger partial charge >= 0.3 is 0 Å². The summed E-state index contributed by atoms with van der Waals surface area (Å²) in [5.41, 5.74) is 3.11. The second kappa shape index (κ2) is 7.92. The summed E-state index contributed by atoms with van der Waals surface area (Å²) >= 11 is 0. The standard InChI is InChI=1S/C23H27FN2O2/c1-16-20-10-9-19(28-2)14-17(20)11-13-26(16)23(27)22-8-5-12-25(22)15-18-6-3-4-7-21(18)24/h3-4,6-7,9-10,14,16,22H,5,8,11-13,15H2,1-2H3. The highest BCUT2D eigenvalue weighted by molar-refractivity contribution is 5.83. The van der Waals surface area contributed by atoms with Gasteiger partial charge in [-0.3, -0.25) is 9.69 Å². The molecular formula is C23H27FN2O2. The normalized spacial score (nSPS) is 22.2. The van der Waals surface area contributed by atoms with Crippen molar-refractivity contribution < 1.29 is 13.9 Å². The number of methoxy groups -OCH3 is 1. The molecule has 0 aliphatic carbocycles. The van der Waals surface area contributed by atoms with Gasteiger partial charge in [0.2, 0.25) is 5.91 Å². The minimum Gasteiger partial charge on any atom is -0.497 e. The fourth-order valence-electron chi connectivity index (χ4n) is 4.57. The Balaban J connectivity index is 1.51. The largest absolute Gasteiger partial charge is 0.497 e. The third-order valence-corrected chi connectivity index (χ3v) is 6.15. The Morgan fingerprint density at radius 2 is 2.04 bits per heavy atom. The van der Waals surface area contributed by atoms with Crippen molar-refractivity contribution in [2.45, 2.75) is 44.8 Å². The second-order valence-corrected chi connectivity index (χ2v) is 7.74. The van der Waals surface area contributed by atoms with Crippen LogP contribution in [-0.2, 0) is 17.8 Å². The predicted octanol–water partition coefficient (Wildman–Crippen LogP) is 3.94. The molecule has 2 aliphatic heterocycles. The van der Waals surface area contributed by atoms with Crippen LogP contribution in [0.1, 0.15) is 42.5 Å². The molecule has 1 fully saturated rings. The molecule has 2 aromatic rings. The van der Waals surface area contributed by atoms with Gasteiger partial charge in [-0.15, -0.1) is 0 Å². The summed E-state index contributed by atoms with van der Waals surface area (Å²) in [7, 11) is 1.67. The molecule has 1 saturated heterocycles. The molecule has 2 aromatic carbocycles. The molecule has 4 rings (SSSR count). The minimum atomic E-state index is -0.199. The van der Waals surface area contributed by atoms with Crippen molar-refractivity contribution in [2.75, 3.05) is 20.2 Å². The molecule has 2 atom stereocenters. The van der Waals surface area contributed by atoms with E-state index in [0.717, 1.165) is 31.6 Å². The van der Waals surface area contributed by atoms with Crippen LogP contribution in [0.2, 0.25) is 0 Å². The number of halogens is 1. The average Bonchev–Trinajstić information content (AvgIpc) is 3.17. The highest BCUT2D eigenvalue weighted by Crippen LogP contribution is 2.34. The maximum absolute atomic E-state index is 14.1. The molecule has 0 aromatic heterocycles. The van der Waals surface area contributed by atoms with E-state index in [2.05, 4.69) is 24.0 Å².